The number of carbonyl (C=O) groups is 1. The predicted octanol–water partition coefficient (Wildman–Crippen LogP) is 0.836. The number of aliphatic hydroxyl groups is 1. The lowest BCUT2D eigenvalue weighted by Gasteiger charge is -2.19. The summed E-state index contributed by atoms with van der Waals surface area (Å²) < 4.78 is 37.1. The second-order valence-electron chi connectivity index (χ2n) is 7.16. The van der Waals surface area contributed by atoms with Crippen molar-refractivity contribution in [2.75, 3.05) is 45.3 Å². The topological polar surface area (TPSA) is 153 Å². The van der Waals surface area contributed by atoms with Crippen molar-refractivity contribution in [1.82, 2.24) is 14.5 Å². The van der Waals surface area contributed by atoms with Gasteiger partial charge in [-0.2, -0.15) is 4.31 Å². The first-order chi connectivity index (χ1) is 16.4. The molecule has 1 atom stereocenters. The van der Waals surface area contributed by atoms with Crippen molar-refractivity contribution in [3.63, 3.8) is 0 Å². The van der Waals surface area contributed by atoms with Crippen LogP contribution in [-0.4, -0.2) is 85.8 Å². The number of amides is 1. The lowest BCUT2D eigenvalue weighted by Crippen LogP contribution is -2.33. The van der Waals surface area contributed by atoms with Crippen LogP contribution in [0.4, 0.5) is 5.13 Å². The zero-order valence-electron chi connectivity index (χ0n) is 18.8. The van der Waals surface area contributed by atoms with E-state index in [0.717, 1.165) is 11.3 Å². The highest BCUT2D eigenvalue weighted by Gasteiger charge is 2.25. The molecule has 1 aromatic heterocycles. The third kappa shape index (κ3) is 6.55. The lowest BCUT2D eigenvalue weighted by molar-refractivity contribution is -0.110. The highest BCUT2D eigenvalue weighted by molar-refractivity contribution is 7.89. The molecule has 14 heteroatoms. The Morgan fingerprint density at radius 3 is 2.74 bits per heavy atom. The number of likely N-dealkylation sites (N-methyl/N-ethyl adjacent to an activating group) is 1. The molecule has 0 unspecified atom stereocenters. The smallest absolute Gasteiger partial charge is 0.280 e. The number of aromatic nitrogens is 2. The number of benzene rings is 1. The highest BCUT2D eigenvalue weighted by Crippen LogP contribution is 2.19. The largest absolute Gasteiger partial charge is 0.395 e. The van der Waals surface area contributed by atoms with Crippen LogP contribution in [0.25, 0.3) is 0 Å². The number of rotatable bonds is 12. The third-order valence-electron chi connectivity index (χ3n) is 4.82. The van der Waals surface area contributed by atoms with Gasteiger partial charge < -0.3 is 19.4 Å². The van der Waals surface area contributed by atoms with Gasteiger partial charge in [0.2, 0.25) is 15.2 Å². The number of aliphatic hydroxyl groups excluding tert-OH is 1. The van der Waals surface area contributed by atoms with Gasteiger partial charge in [0, 0.05) is 32.2 Å². The normalized spacial score (nSPS) is 16.7. The van der Waals surface area contributed by atoms with Crippen LogP contribution in [0.15, 0.2) is 34.3 Å². The van der Waals surface area contributed by atoms with Gasteiger partial charge in [0.1, 0.15) is 11.6 Å². The van der Waals surface area contributed by atoms with Crippen LogP contribution in [0, 0.1) is 0 Å². The van der Waals surface area contributed by atoms with Crippen molar-refractivity contribution in [2.24, 2.45) is 5.16 Å². The van der Waals surface area contributed by atoms with Crippen LogP contribution >= 0.6 is 11.3 Å². The SMILES string of the molecule is CCN(CCO)S(=O)(=O)c1ccc(/C(=N\O[C@@H]2CCOC2)C(=O)Nc2nnc(COC)s2)cc1. The van der Waals surface area contributed by atoms with Crippen LogP contribution in [0.3, 0.4) is 0 Å². The molecule has 2 N–H and O–H groups in total. The summed E-state index contributed by atoms with van der Waals surface area (Å²) in [5.74, 6) is -0.592. The zero-order chi connectivity index (χ0) is 24.6. The summed E-state index contributed by atoms with van der Waals surface area (Å²) >= 11 is 1.16. The number of oxime groups is 1. The lowest BCUT2D eigenvalue weighted by atomic mass is 10.1. The van der Waals surface area contributed by atoms with Crippen molar-refractivity contribution in [1.29, 1.82) is 0 Å². The number of carbonyl (C=O) groups excluding carboxylic acids is 1. The van der Waals surface area contributed by atoms with Gasteiger partial charge in [0.25, 0.3) is 5.91 Å². The molecule has 2 heterocycles. The minimum atomic E-state index is -3.80. The maximum Gasteiger partial charge on any atom is 0.280 e. The fraction of sp³-hybridized carbons (Fsp3) is 0.500. The minimum Gasteiger partial charge on any atom is -0.395 e. The molecule has 1 fully saturated rings. The number of hydrogen-bond donors (Lipinski definition) is 2. The summed E-state index contributed by atoms with van der Waals surface area (Å²) in [7, 11) is -2.27. The molecule has 0 radical (unpaired) electrons. The van der Waals surface area contributed by atoms with Gasteiger partial charge in [-0.15, -0.1) is 10.2 Å². The molecule has 0 bridgehead atoms. The molecule has 0 aliphatic carbocycles. The highest BCUT2D eigenvalue weighted by atomic mass is 32.2. The Morgan fingerprint density at radius 2 is 2.12 bits per heavy atom. The first-order valence-electron chi connectivity index (χ1n) is 10.5. The van der Waals surface area contributed by atoms with E-state index in [9.17, 15) is 13.2 Å². The molecule has 0 spiro atoms. The summed E-state index contributed by atoms with van der Waals surface area (Å²) in [5.41, 5.74) is 0.296. The van der Waals surface area contributed by atoms with Crippen molar-refractivity contribution < 1.29 is 32.6 Å². The van der Waals surface area contributed by atoms with Gasteiger partial charge in [-0.1, -0.05) is 35.5 Å². The number of sulfonamides is 1. The van der Waals surface area contributed by atoms with Gasteiger partial charge in [0.15, 0.2) is 11.8 Å². The minimum absolute atomic E-state index is 0.0140. The van der Waals surface area contributed by atoms with Crippen LogP contribution in [-0.2, 0) is 35.7 Å². The van der Waals surface area contributed by atoms with Gasteiger partial charge >= 0.3 is 0 Å². The second-order valence-corrected chi connectivity index (χ2v) is 10.2. The molecule has 3 rings (SSSR count). The standard InChI is InChI=1S/C20H27N5O7S2/c1-3-25(9-10-26)34(28,29)16-6-4-14(5-7-16)18(24-32-15-8-11-31-12-15)19(27)21-20-23-22-17(33-20)13-30-2/h4-7,15,26H,3,8-13H2,1-2H3,(H,21,23,27)/b24-18+/t15-/m1/s1. The summed E-state index contributed by atoms with van der Waals surface area (Å²) in [6.07, 6.45) is 0.359. The van der Waals surface area contributed by atoms with Crippen LogP contribution in [0.1, 0.15) is 23.9 Å². The Bertz CT molecular complexity index is 1080. The number of anilines is 1. The van der Waals surface area contributed by atoms with Gasteiger partial charge in [-0.3, -0.25) is 10.1 Å². The average molecular weight is 514 g/mol. The molecule has 2 aromatic rings. The Hall–Kier alpha value is -2.49. The number of methoxy groups -OCH3 is 1. The fourth-order valence-electron chi connectivity index (χ4n) is 3.08. The summed E-state index contributed by atoms with van der Waals surface area (Å²) in [6.45, 7) is 2.77. The Morgan fingerprint density at radius 1 is 1.35 bits per heavy atom. The van der Waals surface area contributed by atoms with E-state index in [4.69, 9.17) is 19.4 Å². The first-order valence-corrected chi connectivity index (χ1v) is 12.8. The van der Waals surface area contributed by atoms with E-state index in [-0.39, 0.29) is 48.1 Å². The molecule has 34 heavy (non-hydrogen) atoms. The number of nitrogens with one attached hydrogen (secondary N) is 1. The Kier molecular flexibility index (Phi) is 9.44. The number of ether oxygens (including phenoxy) is 2. The Balaban J connectivity index is 1.84. The van der Waals surface area contributed by atoms with E-state index >= 15 is 0 Å². The monoisotopic (exact) mass is 513 g/mol. The maximum absolute atomic E-state index is 13.0. The number of nitrogens with zero attached hydrogens (tertiary/aromatic N) is 4. The average Bonchev–Trinajstić information content (AvgIpc) is 3.50. The van der Waals surface area contributed by atoms with E-state index < -0.39 is 15.9 Å². The molecular formula is C20H27N5O7S2. The van der Waals surface area contributed by atoms with Crippen LogP contribution < -0.4 is 5.32 Å². The third-order valence-corrected chi connectivity index (χ3v) is 7.62. The molecule has 1 amide bonds. The molecule has 1 saturated heterocycles. The molecule has 1 aliphatic rings. The molecule has 1 aromatic carbocycles. The summed E-state index contributed by atoms with van der Waals surface area (Å²) in [5, 5.41) is 24.5. The van der Waals surface area contributed by atoms with Crippen LogP contribution in [0.2, 0.25) is 0 Å². The van der Waals surface area contributed by atoms with Gasteiger partial charge in [-0.05, 0) is 12.1 Å². The fourth-order valence-corrected chi connectivity index (χ4v) is 5.23. The predicted molar refractivity (Wildman–Crippen MR) is 124 cm³/mol. The van der Waals surface area contributed by atoms with E-state index in [1.165, 1.54) is 35.7 Å². The number of hydrogen-bond acceptors (Lipinski definition) is 11. The summed E-state index contributed by atoms with van der Waals surface area (Å²) in [4.78, 5) is 18.5. The Labute approximate surface area is 201 Å². The summed E-state index contributed by atoms with van der Waals surface area (Å²) in [6, 6.07) is 5.72. The van der Waals surface area contributed by atoms with Crippen molar-refractivity contribution >= 4 is 38.1 Å². The van der Waals surface area contributed by atoms with Gasteiger partial charge in [0.05, 0.1) is 24.7 Å². The van der Waals surface area contributed by atoms with E-state index in [1.54, 1.807) is 6.92 Å². The van der Waals surface area contributed by atoms with Crippen molar-refractivity contribution in [2.45, 2.75) is 31.0 Å². The molecule has 12 nitrogen and oxygen atoms in total. The van der Waals surface area contributed by atoms with Gasteiger partial charge in [-0.25, -0.2) is 8.42 Å². The second kappa shape index (κ2) is 12.3. The molecular weight excluding hydrogens is 486 g/mol. The van der Waals surface area contributed by atoms with E-state index in [0.29, 0.717) is 30.2 Å². The van der Waals surface area contributed by atoms with E-state index in [1.807, 2.05) is 0 Å². The van der Waals surface area contributed by atoms with Crippen molar-refractivity contribution in [3.05, 3.63) is 34.8 Å². The quantitative estimate of drug-likeness (QED) is 0.310. The molecule has 0 saturated carbocycles. The first kappa shape index (κ1) is 26.1. The zero-order valence-corrected chi connectivity index (χ0v) is 20.5. The molecule has 186 valence electrons. The molecule has 1 aliphatic heterocycles. The van der Waals surface area contributed by atoms with E-state index in [2.05, 4.69) is 20.7 Å². The van der Waals surface area contributed by atoms with Crippen molar-refractivity contribution in [3.8, 4) is 0 Å². The van der Waals surface area contributed by atoms with Crippen LogP contribution in [0.5, 0.6) is 0 Å². The maximum atomic E-state index is 13.0.